The van der Waals surface area contributed by atoms with E-state index in [0.29, 0.717) is 6.42 Å². The second-order valence-corrected chi connectivity index (χ2v) is 7.14. The average molecular weight is 351 g/mol. The number of fused-ring (bicyclic) bond motifs is 1. The van der Waals surface area contributed by atoms with E-state index < -0.39 is 0 Å². The van der Waals surface area contributed by atoms with Crippen LogP contribution < -0.4 is 0 Å². The number of aromatic nitrogens is 3. The first kappa shape index (κ1) is 18.6. The molecular formula is C22H29N3O. The highest BCUT2D eigenvalue weighted by Crippen LogP contribution is 2.29. The molecule has 4 nitrogen and oxygen atoms in total. The number of nitrogens with zero attached hydrogens (tertiary/aromatic N) is 2. The Labute approximate surface area is 155 Å². The van der Waals surface area contributed by atoms with Crippen LogP contribution in [-0.2, 0) is 12.8 Å². The molecule has 0 saturated carbocycles. The van der Waals surface area contributed by atoms with E-state index in [1.54, 1.807) is 0 Å². The number of aliphatic hydroxyl groups excluding tert-OH is 1. The van der Waals surface area contributed by atoms with Crippen molar-refractivity contribution < 1.29 is 5.11 Å². The van der Waals surface area contributed by atoms with Gasteiger partial charge in [0.1, 0.15) is 11.0 Å². The number of aromatic amines is 1. The molecule has 0 fully saturated rings. The SMILES string of the molecule is CCCCCc1cc(CC(O)CCC)cc(-c2cccc3n[nH]nc23)c1. The molecule has 0 spiro atoms. The van der Waals surface area contributed by atoms with Gasteiger partial charge in [-0.3, -0.25) is 0 Å². The minimum atomic E-state index is -0.276. The molecule has 2 N–H and O–H groups in total. The number of rotatable bonds is 9. The number of benzene rings is 2. The van der Waals surface area contributed by atoms with E-state index >= 15 is 0 Å². The molecule has 26 heavy (non-hydrogen) atoms. The molecule has 3 aromatic rings. The largest absolute Gasteiger partial charge is 0.393 e. The topological polar surface area (TPSA) is 61.8 Å². The fourth-order valence-corrected chi connectivity index (χ4v) is 3.57. The summed E-state index contributed by atoms with van der Waals surface area (Å²) in [7, 11) is 0. The Kier molecular flexibility index (Phi) is 6.40. The maximum Gasteiger partial charge on any atom is 0.120 e. The van der Waals surface area contributed by atoms with Crippen LogP contribution in [0.1, 0.15) is 57.1 Å². The molecule has 1 unspecified atom stereocenters. The number of hydrogen-bond acceptors (Lipinski definition) is 3. The normalized spacial score (nSPS) is 12.6. The number of nitrogens with one attached hydrogen (secondary N) is 1. The monoisotopic (exact) mass is 351 g/mol. The smallest absolute Gasteiger partial charge is 0.120 e. The summed E-state index contributed by atoms with van der Waals surface area (Å²) in [6.07, 6.45) is 7.02. The van der Waals surface area contributed by atoms with E-state index in [1.165, 1.54) is 30.4 Å². The molecule has 0 radical (unpaired) electrons. The lowest BCUT2D eigenvalue weighted by atomic mass is 9.94. The Morgan fingerprint density at radius 1 is 1.00 bits per heavy atom. The standard InChI is InChI=1S/C22H29N3O/c1-3-5-6-9-16-12-17(15-19(26)8-4-2)14-18(13-16)20-10-7-11-21-22(20)24-25-23-21/h7,10-14,19,26H,3-6,8-9,15H2,1-2H3,(H,23,24,25). The van der Waals surface area contributed by atoms with Crippen molar-refractivity contribution in [1.29, 1.82) is 0 Å². The molecule has 0 bridgehead atoms. The fourth-order valence-electron chi connectivity index (χ4n) is 3.57. The Balaban J connectivity index is 1.97. The van der Waals surface area contributed by atoms with Crippen LogP contribution in [0.15, 0.2) is 36.4 Å². The third-order valence-electron chi connectivity index (χ3n) is 4.87. The first-order chi connectivity index (χ1) is 12.7. The number of para-hydroxylation sites is 1. The summed E-state index contributed by atoms with van der Waals surface area (Å²) in [5, 5.41) is 21.6. The minimum absolute atomic E-state index is 0.276. The maximum atomic E-state index is 10.3. The third-order valence-corrected chi connectivity index (χ3v) is 4.87. The zero-order chi connectivity index (χ0) is 18.4. The van der Waals surface area contributed by atoms with Crippen molar-refractivity contribution in [2.45, 2.75) is 64.9 Å². The quantitative estimate of drug-likeness (QED) is 0.530. The number of aliphatic hydroxyl groups is 1. The zero-order valence-electron chi connectivity index (χ0n) is 15.8. The summed E-state index contributed by atoms with van der Waals surface area (Å²) >= 11 is 0. The van der Waals surface area contributed by atoms with E-state index in [9.17, 15) is 5.11 Å². The van der Waals surface area contributed by atoms with E-state index in [1.807, 2.05) is 12.1 Å². The molecule has 3 rings (SSSR count). The number of aryl methyl sites for hydroxylation is 1. The first-order valence-corrected chi connectivity index (χ1v) is 9.82. The zero-order valence-corrected chi connectivity index (χ0v) is 15.8. The molecule has 1 aromatic heterocycles. The van der Waals surface area contributed by atoms with Crippen LogP contribution in [-0.4, -0.2) is 26.6 Å². The Morgan fingerprint density at radius 3 is 2.65 bits per heavy atom. The van der Waals surface area contributed by atoms with Crippen molar-refractivity contribution in [3.63, 3.8) is 0 Å². The Morgan fingerprint density at radius 2 is 1.85 bits per heavy atom. The van der Waals surface area contributed by atoms with Gasteiger partial charge in [0, 0.05) is 5.56 Å². The van der Waals surface area contributed by atoms with Crippen molar-refractivity contribution in [1.82, 2.24) is 15.4 Å². The van der Waals surface area contributed by atoms with Gasteiger partial charge in [-0.25, -0.2) is 0 Å². The molecule has 0 saturated heterocycles. The van der Waals surface area contributed by atoms with Crippen molar-refractivity contribution in [3.8, 4) is 11.1 Å². The van der Waals surface area contributed by atoms with Gasteiger partial charge in [-0.2, -0.15) is 15.4 Å². The van der Waals surface area contributed by atoms with E-state index in [0.717, 1.165) is 41.4 Å². The number of hydrogen-bond donors (Lipinski definition) is 2. The van der Waals surface area contributed by atoms with Crippen LogP contribution >= 0.6 is 0 Å². The van der Waals surface area contributed by atoms with Gasteiger partial charge in [0.2, 0.25) is 0 Å². The average Bonchev–Trinajstić information content (AvgIpc) is 3.10. The summed E-state index contributed by atoms with van der Waals surface area (Å²) in [4.78, 5) is 0. The van der Waals surface area contributed by atoms with E-state index in [4.69, 9.17) is 0 Å². The van der Waals surface area contributed by atoms with Crippen LogP contribution in [0.2, 0.25) is 0 Å². The number of unbranched alkanes of at least 4 members (excludes halogenated alkanes) is 2. The van der Waals surface area contributed by atoms with Crippen LogP contribution in [0.4, 0.5) is 0 Å². The van der Waals surface area contributed by atoms with Crippen molar-refractivity contribution in [2.75, 3.05) is 0 Å². The van der Waals surface area contributed by atoms with Crippen LogP contribution in [0, 0.1) is 0 Å². The molecule has 2 aromatic carbocycles. The van der Waals surface area contributed by atoms with Crippen molar-refractivity contribution >= 4 is 11.0 Å². The van der Waals surface area contributed by atoms with Crippen molar-refractivity contribution in [3.05, 3.63) is 47.5 Å². The van der Waals surface area contributed by atoms with Gasteiger partial charge >= 0.3 is 0 Å². The maximum absolute atomic E-state index is 10.3. The highest BCUT2D eigenvalue weighted by Gasteiger charge is 2.11. The molecular weight excluding hydrogens is 322 g/mol. The lowest BCUT2D eigenvalue weighted by molar-refractivity contribution is 0.164. The van der Waals surface area contributed by atoms with Gasteiger partial charge < -0.3 is 5.11 Å². The summed E-state index contributed by atoms with van der Waals surface area (Å²) in [6, 6.07) is 12.8. The molecule has 0 aliphatic heterocycles. The summed E-state index contributed by atoms with van der Waals surface area (Å²) < 4.78 is 0. The predicted octanol–water partition coefficient (Wildman–Crippen LogP) is 5.06. The van der Waals surface area contributed by atoms with E-state index in [2.05, 4.69) is 53.5 Å². The second-order valence-electron chi connectivity index (χ2n) is 7.14. The van der Waals surface area contributed by atoms with Crippen molar-refractivity contribution in [2.24, 2.45) is 0 Å². The molecule has 4 heteroatoms. The lowest BCUT2D eigenvalue weighted by Crippen LogP contribution is -2.10. The molecule has 0 aliphatic carbocycles. The van der Waals surface area contributed by atoms with Gasteiger partial charge in [-0.05, 0) is 48.4 Å². The van der Waals surface area contributed by atoms with E-state index in [-0.39, 0.29) is 6.10 Å². The highest BCUT2D eigenvalue weighted by molar-refractivity contribution is 5.91. The highest BCUT2D eigenvalue weighted by atomic mass is 16.3. The van der Waals surface area contributed by atoms with Gasteiger partial charge in [-0.15, -0.1) is 0 Å². The molecule has 1 atom stereocenters. The van der Waals surface area contributed by atoms with Crippen LogP contribution in [0.5, 0.6) is 0 Å². The first-order valence-electron chi connectivity index (χ1n) is 9.82. The Bertz CT molecular complexity index is 840. The second kappa shape index (κ2) is 8.95. The fraction of sp³-hybridized carbons (Fsp3) is 0.455. The summed E-state index contributed by atoms with van der Waals surface area (Å²) in [5.41, 5.74) is 6.59. The summed E-state index contributed by atoms with van der Waals surface area (Å²) in [6.45, 7) is 4.34. The molecule has 0 aliphatic rings. The van der Waals surface area contributed by atoms with Crippen LogP contribution in [0.25, 0.3) is 22.2 Å². The molecule has 0 amide bonds. The number of H-pyrrole nitrogens is 1. The lowest BCUT2D eigenvalue weighted by Gasteiger charge is -2.14. The molecule has 1 heterocycles. The summed E-state index contributed by atoms with van der Waals surface area (Å²) in [5.74, 6) is 0. The van der Waals surface area contributed by atoms with Gasteiger partial charge in [-0.1, -0.05) is 63.4 Å². The predicted molar refractivity (Wildman–Crippen MR) is 107 cm³/mol. The van der Waals surface area contributed by atoms with Gasteiger partial charge in [0.25, 0.3) is 0 Å². The van der Waals surface area contributed by atoms with Gasteiger partial charge in [0.15, 0.2) is 0 Å². The molecule has 138 valence electrons. The van der Waals surface area contributed by atoms with Crippen LogP contribution in [0.3, 0.4) is 0 Å². The Hall–Kier alpha value is -2.20. The minimum Gasteiger partial charge on any atom is -0.393 e. The van der Waals surface area contributed by atoms with Gasteiger partial charge in [0.05, 0.1) is 6.10 Å². The third kappa shape index (κ3) is 4.50.